The average molecular weight is 341 g/mol. The van der Waals surface area contributed by atoms with Crippen LogP contribution in [-0.2, 0) is 0 Å². The number of carbonyl (C=O) groups excluding carboxylic acids is 1. The topological polar surface area (TPSA) is 60.5 Å². The van der Waals surface area contributed by atoms with Crippen molar-refractivity contribution in [3.05, 3.63) is 64.8 Å². The van der Waals surface area contributed by atoms with Gasteiger partial charge >= 0.3 is 0 Å². The monoisotopic (exact) mass is 340 g/mol. The van der Waals surface area contributed by atoms with Crippen molar-refractivity contribution in [1.82, 2.24) is 10.4 Å². The summed E-state index contributed by atoms with van der Waals surface area (Å²) in [4.78, 5) is 17.1. The van der Waals surface area contributed by atoms with Crippen LogP contribution in [0.15, 0.2) is 53.8 Å². The van der Waals surface area contributed by atoms with E-state index in [1.807, 2.05) is 49.3 Å². The molecule has 0 aliphatic rings. The number of amides is 1. The van der Waals surface area contributed by atoms with Crippen molar-refractivity contribution in [1.29, 1.82) is 0 Å². The van der Waals surface area contributed by atoms with E-state index in [0.717, 1.165) is 22.2 Å². The van der Waals surface area contributed by atoms with Gasteiger partial charge in [-0.1, -0.05) is 23.7 Å². The van der Waals surface area contributed by atoms with Gasteiger partial charge in [0.05, 0.1) is 11.2 Å². The lowest BCUT2D eigenvalue weighted by atomic mass is 10.2. The van der Waals surface area contributed by atoms with Gasteiger partial charge in [-0.15, -0.1) is 0 Å². The minimum Gasteiger partial charge on any atom is -0.378 e. The van der Waals surface area contributed by atoms with Crippen LogP contribution < -0.4 is 10.3 Å². The second kappa shape index (κ2) is 6.76. The maximum atomic E-state index is 12.1. The SMILES string of the molecule is CN(C)c1ccc(C(=O)NN=Cc2ccc3c(Cl)c[nH]c3c2)cc1. The third-order valence-corrected chi connectivity index (χ3v) is 3.99. The van der Waals surface area contributed by atoms with Crippen molar-refractivity contribution in [2.45, 2.75) is 0 Å². The molecule has 0 aliphatic heterocycles. The summed E-state index contributed by atoms with van der Waals surface area (Å²) in [5.74, 6) is -0.249. The first-order valence-electron chi connectivity index (χ1n) is 7.42. The molecule has 0 radical (unpaired) electrons. The van der Waals surface area contributed by atoms with Gasteiger partial charge in [-0.05, 0) is 35.9 Å². The molecule has 6 heteroatoms. The maximum Gasteiger partial charge on any atom is 0.271 e. The van der Waals surface area contributed by atoms with Gasteiger partial charge in [0.1, 0.15) is 0 Å². The van der Waals surface area contributed by atoms with E-state index >= 15 is 0 Å². The van der Waals surface area contributed by atoms with E-state index in [0.29, 0.717) is 10.6 Å². The van der Waals surface area contributed by atoms with Gasteiger partial charge in [-0.25, -0.2) is 5.43 Å². The highest BCUT2D eigenvalue weighted by Crippen LogP contribution is 2.23. The van der Waals surface area contributed by atoms with Crippen LogP contribution in [0.5, 0.6) is 0 Å². The van der Waals surface area contributed by atoms with Crippen molar-refractivity contribution in [2.24, 2.45) is 5.10 Å². The molecule has 0 aliphatic carbocycles. The number of H-pyrrole nitrogens is 1. The average Bonchev–Trinajstić information content (AvgIpc) is 2.95. The number of benzene rings is 2. The Morgan fingerprint density at radius 3 is 2.67 bits per heavy atom. The van der Waals surface area contributed by atoms with Crippen molar-refractivity contribution in [3.8, 4) is 0 Å². The van der Waals surface area contributed by atoms with Gasteiger partial charge in [0.15, 0.2) is 0 Å². The Bertz CT molecular complexity index is 897. The van der Waals surface area contributed by atoms with Crippen LogP contribution in [-0.4, -0.2) is 31.2 Å². The highest BCUT2D eigenvalue weighted by Gasteiger charge is 2.05. The smallest absolute Gasteiger partial charge is 0.271 e. The number of nitrogens with one attached hydrogen (secondary N) is 2. The first-order valence-corrected chi connectivity index (χ1v) is 7.80. The number of hydrazone groups is 1. The Hall–Kier alpha value is -2.79. The van der Waals surface area contributed by atoms with Crippen LogP contribution in [0.4, 0.5) is 5.69 Å². The molecular formula is C18H17ClN4O. The molecule has 0 saturated heterocycles. The first-order chi connectivity index (χ1) is 11.5. The number of carbonyl (C=O) groups is 1. The minimum atomic E-state index is -0.249. The number of rotatable bonds is 4. The molecule has 0 fully saturated rings. The molecule has 2 N–H and O–H groups in total. The highest BCUT2D eigenvalue weighted by molar-refractivity contribution is 6.35. The second-order valence-electron chi connectivity index (χ2n) is 5.58. The zero-order valence-electron chi connectivity index (χ0n) is 13.4. The quantitative estimate of drug-likeness (QED) is 0.562. The predicted octanol–water partition coefficient (Wildman–Crippen LogP) is 3.65. The Kier molecular flexibility index (Phi) is 4.53. The summed E-state index contributed by atoms with van der Waals surface area (Å²) in [6.45, 7) is 0. The van der Waals surface area contributed by atoms with E-state index in [4.69, 9.17) is 11.6 Å². The molecule has 0 spiro atoms. The summed E-state index contributed by atoms with van der Waals surface area (Å²) in [6.07, 6.45) is 3.34. The fourth-order valence-corrected chi connectivity index (χ4v) is 2.55. The van der Waals surface area contributed by atoms with E-state index in [-0.39, 0.29) is 5.91 Å². The number of aromatic amines is 1. The van der Waals surface area contributed by atoms with Crippen LogP contribution in [0.2, 0.25) is 5.02 Å². The Morgan fingerprint density at radius 1 is 1.21 bits per heavy atom. The van der Waals surface area contributed by atoms with Crippen LogP contribution in [0.3, 0.4) is 0 Å². The number of aromatic nitrogens is 1. The Labute approximate surface area is 144 Å². The largest absolute Gasteiger partial charge is 0.378 e. The van der Waals surface area contributed by atoms with Gasteiger partial charge in [0.25, 0.3) is 5.91 Å². The summed E-state index contributed by atoms with van der Waals surface area (Å²) >= 11 is 6.04. The second-order valence-corrected chi connectivity index (χ2v) is 5.99. The van der Waals surface area contributed by atoms with Crippen LogP contribution in [0.1, 0.15) is 15.9 Å². The first kappa shape index (κ1) is 16.1. The number of halogens is 1. The normalized spacial score (nSPS) is 11.1. The highest BCUT2D eigenvalue weighted by atomic mass is 35.5. The van der Waals surface area contributed by atoms with Crippen LogP contribution in [0, 0.1) is 0 Å². The van der Waals surface area contributed by atoms with E-state index in [9.17, 15) is 4.79 Å². The van der Waals surface area contributed by atoms with Crippen molar-refractivity contribution in [3.63, 3.8) is 0 Å². The molecule has 0 saturated carbocycles. The summed E-state index contributed by atoms with van der Waals surface area (Å²) in [5, 5.41) is 5.65. The number of hydrogen-bond donors (Lipinski definition) is 2. The summed E-state index contributed by atoms with van der Waals surface area (Å²) in [6, 6.07) is 13.0. The van der Waals surface area contributed by atoms with Crippen LogP contribution in [0.25, 0.3) is 10.9 Å². The minimum absolute atomic E-state index is 0.249. The van der Waals surface area contributed by atoms with Gasteiger partial charge in [-0.3, -0.25) is 4.79 Å². The number of nitrogens with zero attached hydrogens (tertiary/aromatic N) is 2. The lowest BCUT2D eigenvalue weighted by Gasteiger charge is -2.12. The standard InChI is InChI=1S/C18H17ClN4O/c1-23(2)14-6-4-13(5-7-14)18(24)22-21-10-12-3-8-15-16(19)11-20-17(15)9-12/h3-11,20H,1-2H3,(H,22,24). The molecule has 1 amide bonds. The third-order valence-electron chi connectivity index (χ3n) is 3.68. The molecule has 0 atom stereocenters. The third kappa shape index (κ3) is 3.41. The van der Waals surface area contributed by atoms with E-state index in [2.05, 4.69) is 15.5 Å². The number of fused-ring (bicyclic) bond motifs is 1. The zero-order valence-corrected chi connectivity index (χ0v) is 14.1. The van der Waals surface area contributed by atoms with Crippen LogP contribution >= 0.6 is 11.6 Å². The molecule has 0 bridgehead atoms. The summed E-state index contributed by atoms with van der Waals surface area (Å²) < 4.78 is 0. The molecule has 3 rings (SSSR count). The Balaban J connectivity index is 1.67. The molecular weight excluding hydrogens is 324 g/mol. The lowest BCUT2D eigenvalue weighted by molar-refractivity contribution is 0.0955. The molecule has 1 aromatic heterocycles. The van der Waals surface area contributed by atoms with E-state index in [1.54, 1.807) is 24.5 Å². The summed E-state index contributed by atoms with van der Waals surface area (Å²) in [7, 11) is 3.90. The van der Waals surface area contributed by atoms with Gasteiger partial charge in [0, 0.05) is 42.4 Å². The zero-order chi connectivity index (χ0) is 17.1. The summed E-state index contributed by atoms with van der Waals surface area (Å²) in [5.41, 5.74) is 5.92. The molecule has 24 heavy (non-hydrogen) atoms. The fourth-order valence-electron chi connectivity index (χ4n) is 2.33. The molecule has 3 aromatic rings. The molecule has 0 unspecified atom stereocenters. The number of anilines is 1. The van der Waals surface area contributed by atoms with Crippen molar-refractivity contribution >= 4 is 40.3 Å². The number of hydrogen-bond acceptors (Lipinski definition) is 3. The maximum absolute atomic E-state index is 12.1. The molecule has 5 nitrogen and oxygen atoms in total. The van der Waals surface area contributed by atoms with Crippen molar-refractivity contribution < 1.29 is 4.79 Å². The van der Waals surface area contributed by atoms with Gasteiger partial charge in [-0.2, -0.15) is 5.10 Å². The predicted molar refractivity (Wildman–Crippen MR) is 99.1 cm³/mol. The van der Waals surface area contributed by atoms with E-state index < -0.39 is 0 Å². The molecule has 2 aromatic carbocycles. The van der Waals surface area contributed by atoms with Gasteiger partial charge in [0.2, 0.25) is 0 Å². The van der Waals surface area contributed by atoms with Crippen molar-refractivity contribution in [2.75, 3.05) is 19.0 Å². The Morgan fingerprint density at radius 2 is 1.96 bits per heavy atom. The van der Waals surface area contributed by atoms with Gasteiger partial charge < -0.3 is 9.88 Å². The molecule has 1 heterocycles. The molecule has 122 valence electrons. The fraction of sp³-hybridized carbons (Fsp3) is 0.111. The van der Waals surface area contributed by atoms with E-state index in [1.165, 1.54) is 0 Å². The lowest BCUT2D eigenvalue weighted by Crippen LogP contribution is -2.17.